The van der Waals surface area contributed by atoms with Crippen LogP contribution in [0, 0.1) is 5.82 Å². The first-order chi connectivity index (χ1) is 16.9. The standard InChI is InChI=1S/C23H24ClF2N5O4/c1-2-27-22(32)16-4-6-20(21(12-16)35-10-9-34-8-7-25)31-14-19(29-30-31)23(33)28-13-15-3-5-18(26)17(24)11-15/h3-6,11-12,14H,2,7-10,13H2,1H3,(H,27,32)(H,28,33). The zero-order valence-electron chi connectivity index (χ0n) is 18.9. The van der Waals surface area contributed by atoms with Crippen LogP contribution in [-0.4, -0.2) is 59.8 Å². The molecule has 12 heteroatoms. The maximum Gasteiger partial charge on any atom is 0.273 e. The molecule has 0 aliphatic carbocycles. The Hall–Kier alpha value is -3.57. The van der Waals surface area contributed by atoms with Crippen molar-refractivity contribution in [3.05, 3.63) is 70.3 Å². The van der Waals surface area contributed by atoms with E-state index in [1.165, 1.54) is 35.1 Å². The molecule has 2 N–H and O–H groups in total. The van der Waals surface area contributed by atoms with E-state index in [4.69, 9.17) is 21.1 Å². The number of ether oxygens (including phenoxy) is 2. The van der Waals surface area contributed by atoms with E-state index in [2.05, 4.69) is 20.9 Å². The van der Waals surface area contributed by atoms with Gasteiger partial charge >= 0.3 is 0 Å². The molecule has 0 spiro atoms. The molecule has 3 rings (SSSR count). The molecule has 0 unspecified atom stereocenters. The predicted molar refractivity (Wildman–Crippen MR) is 124 cm³/mol. The van der Waals surface area contributed by atoms with Gasteiger partial charge in [0.1, 0.15) is 30.5 Å². The lowest BCUT2D eigenvalue weighted by Crippen LogP contribution is -2.23. The number of aromatic nitrogens is 3. The van der Waals surface area contributed by atoms with Crippen molar-refractivity contribution in [3.63, 3.8) is 0 Å². The van der Waals surface area contributed by atoms with E-state index in [1.807, 2.05) is 0 Å². The molecule has 0 radical (unpaired) electrons. The average molecular weight is 508 g/mol. The highest BCUT2D eigenvalue weighted by molar-refractivity contribution is 6.30. The van der Waals surface area contributed by atoms with Gasteiger partial charge in [0, 0.05) is 18.7 Å². The van der Waals surface area contributed by atoms with Crippen molar-refractivity contribution in [3.8, 4) is 11.4 Å². The Morgan fingerprint density at radius 3 is 2.66 bits per heavy atom. The number of hydrogen-bond acceptors (Lipinski definition) is 6. The van der Waals surface area contributed by atoms with Gasteiger partial charge < -0.3 is 20.1 Å². The van der Waals surface area contributed by atoms with Crippen LogP contribution in [0.4, 0.5) is 8.78 Å². The van der Waals surface area contributed by atoms with Crippen LogP contribution in [0.2, 0.25) is 5.02 Å². The minimum atomic E-state index is -0.601. The number of carbonyl (C=O) groups is 2. The van der Waals surface area contributed by atoms with E-state index in [1.54, 1.807) is 19.1 Å². The Morgan fingerprint density at radius 1 is 1.09 bits per heavy atom. The number of hydrogen-bond donors (Lipinski definition) is 2. The molecule has 0 aliphatic heterocycles. The van der Waals surface area contributed by atoms with Crippen molar-refractivity contribution >= 4 is 23.4 Å². The summed E-state index contributed by atoms with van der Waals surface area (Å²) in [5.41, 5.74) is 1.44. The molecule has 35 heavy (non-hydrogen) atoms. The van der Waals surface area contributed by atoms with E-state index in [9.17, 15) is 18.4 Å². The monoisotopic (exact) mass is 507 g/mol. The van der Waals surface area contributed by atoms with Crippen LogP contribution >= 0.6 is 11.6 Å². The topological polar surface area (TPSA) is 107 Å². The number of rotatable bonds is 12. The molecule has 186 valence electrons. The van der Waals surface area contributed by atoms with Gasteiger partial charge in [0.25, 0.3) is 11.8 Å². The molecule has 9 nitrogen and oxygen atoms in total. The Labute approximate surface area is 205 Å². The summed E-state index contributed by atoms with van der Waals surface area (Å²) in [6.07, 6.45) is 1.40. The summed E-state index contributed by atoms with van der Waals surface area (Å²) in [6, 6.07) is 8.89. The van der Waals surface area contributed by atoms with Gasteiger partial charge in [0.2, 0.25) is 0 Å². The molecule has 2 aromatic carbocycles. The van der Waals surface area contributed by atoms with Crippen LogP contribution in [0.3, 0.4) is 0 Å². The summed E-state index contributed by atoms with van der Waals surface area (Å²) in [6.45, 7) is 1.98. The predicted octanol–water partition coefficient (Wildman–Crippen LogP) is 3.10. The lowest BCUT2D eigenvalue weighted by Gasteiger charge is -2.13. The minimum Gasteiger partial charge on any atom is -0.489 e. The number of nitrogens with zero attached hydrogens (tertiary/aromatic N) is 3. The lowest BCUT2D eigenvalue weighted by atomic mass is 10.1. The number of amides is 2. The number of carbonyl (C=O) groups excluding carboxylic acids is 2. The third-order valence-electron chi connectivity index (χ3n) is 4.68. The average Bonchev–Trinajstić information content (AvgIpc) is 3.35. The second-order valence-electron chi connectivity index (χ2n) is 7.17. The molecular weight excluding hydrogens is 484 g/mol. The fourth-order valence-electron chi connectivity index (χ4n) is 3.00. The molecule has 2 amide bonds. The highest BCUT2D eigenvalue weighted by atomic mass is 35.5. The molecule has 0 bridgehead atoms. The Kier molecular flexibility index (Phi) is 9.50. The first kappa shape index (κ1) is 26.0. The highest BCUT2D eigenvalue weighted by Gasteiger charge is 2.16. The Morgan fingerprint density at radius 2 is 1.91 bits per heavy atom. The van der Waals surface area contributed by atoms with Crippen LogP contribution in [-0.2, 0) is 11.3 Å². The maximum atomic E-state index is 13.3. The van der Waals surface area contributed by atoms with Crippen molar-refractivity contribution in [1.29, 1.82) is 0 Å². The van der Waals surface area contributed by atoms with Crippen molar-refractivity contribution in [2.24, 2.45) is 0 Å². The minimum absolute atomic E-state index is 0.0308. The summed E-state index contributed by atoms with van der Waals surface area (Å²) in [4.78, 5) is 24.8. The van der Waals surface area contributed by atoms with Crippen LogP contribution in [0.1, 0.15) is 33.3 Å². The van der Waals surface area contributed by atoms with Crippen molar-refractivity contribution in [2.45, 2.75) is 13.5 Å². The zero-order chi connectivity index (χ0) is 25.2. The first-order valence-corrected chi connectivity index (χ1v) is 11.1. The molecule has 0 aliphatic rings. The molecule has 0 fully saturated rings. The van der Waals surface area contributed by atoms with Crippen molar-refractivity contribution in [1.82, 2.24) is 25.6 Å². The van der Waals surface area contributed by atoms with Gasteiger partial charge in [0.05, 0.1) is 24.4 Å². The van der Waals surface area contributed by atoms with Crippen molar-refractivity contribution < 1.29 is 27.8 Å². The molecule has 3 aromatic rings. The normalized spacial score (nSPS) is 10.7. The second-order valence-corrected chi connectivity index (χ2v) is 7.58. The zero-order valence-corrected chi connectivity index (χ0v) is 19.6. The van der Waals surface area contributed by atoms with E-state index in [0.29, 0.717) is 29.1 Å². The molecule has 1 aromatic heterocycles. The summed E-state index contributed by atoms with van der Waals surface area (Å²) in [7, 11) is 0. The van der Waals surface area contributed by atoms with Crippen molar-refractivity contribution in [2.75, 3.05) is 33.0 Å². The number of halogens is 3. The Balaban J connectivity index is 1.74. The summed E-state index contributed by atoms with van der Waals surface area (Å²) in [5, 5.41) is 13.2. The van der Waals surface area contributed by atoms with Crippen LogP contribution in [0.25, 0.3) is 5.69 Å². The van der Waals surface area contributed by atoms with E-state index in [-0.39, 0.29) is 43.0 Å². The summed E-state index contributed by atoms with van der Waals surface area (Å²) >= 11 is 5.77. The van der Waals surface area contributed by atoms with Gasteiger partial charge in [-0.3, -0.25) is 9.59 Å². The smallest absolute Gasteiger partial charge is 0.273 e. The molecule has 0 saturated heterocycles. The van der Waals surface area contributed by atoms with Gasteiger partial charge in [-0.15, -0.1) is 5.10 Å². The van der Waals surface area contributed by atoms with Gasteiger partial charge in [0.15, 0.2) is 5.69 Å². The van der Waals surface area contributed by atoms with Crippen LogP contribution in [0.5, 0.6) is 5.75 Å². The maximum absolute atomic E-state index is 13.3. The SMILES string of the molecule is CCNC(=O)c1ccc(-n2cc(C(=O)NCc3ccc(F)c(Cl)c3)nn2)c(OCCOCCF)c1. The molecule has 0 atom stereocenters. The third-order valence-corrected chi connectivity index (χ3v) is 4.97. The highest BCUT2D eigenvalue weighted by Crippen LogP contribution is 2.24. The van der Waals surface area contributed by atoms with Gasteiger partial charge in [-0.25, -0.2) is 13.5 Å². The lowest BCUT2D eigenvalue weighted by molar-refractivity contribution is 0.0894. The largest absolute Gasteiger partial charge is 0.489 e. The van der Waals surface area contributed by atoms with Gasteiger partial charge in [-0.2, -0.15) is 0 Å². The number of nitrogens with one attached hydrogen (secondary N) is 2. The third kappa shape index (κ3) is 7.20. The number of alkyl halides is 1. The second kappa shape index (κ2) is 12.8. The van der Waals surface area contributed by atoms with Crippen LogP contribution < -0.4 is 15.4 Å². The summed E-state index contributed by atoms with van der Waals surface area (Å²) in [5.74, 6) is -1.03. The summed E-state index contributed by atoms with van der Waals surface area (Å²) < 4.78 is 37.7. The van der Waals surface area contributed by atoms with Gasteiger partial charge in [-0.1, -0.05) is 22.9 Å². The van der Waals surface area contributed by atoms with E-state index < -0.39 is 18.4 Å². The molecule has 1 heterocycles. The van der Waals surface area contributed by atoms with E-state index >= 15 is 0 Å². The fraction of sp³-hybridized carbons (Fsp3) is 0.304. The van der Waals surface area contributed by atoms with E-state index in [0.717, 1.165) is 0 Å². The number of benzene rings is 2. The fourth-order valence-corrected chi connectivity index (χ4v) is 3.20. The van der Waals surface area contributed by atoms with Crippen LogP contribution in [0.15, 0.2) is 42.6 Å². The quantitative estimate of drug-likeness (QED) is 0.365. The van der Waals surface area contributed by atoms with Gasteiger partial charge in [-0.05, 0) is 42.8 Å². The molecule has 0 saturated carbocycles. The first-order valence-electron chi connectivity index (χ1n) is 10.8. The Bertz CT molecular complexity index is 1170. The molecular formula is C23H24ClF2N5O4.